The fourth-order valence-corrected chi connectivity index (χ4v) is 1.84. The molecule has 62 valence electrons. The summed E-state index contributed by atoms with van der Waals surface area (Å²) in [5, 5.41) is 3.14. The smallest absolute Gasteiger partial charge is 0.117 e. The highest BCUT2D eigenvalue weighted by Crippen LogP contribution is 2.31. The predicted octanol–water partition coefficient (Wildman–Crippen LogP) is 2.83. The maximum absolute atomic E-state index is 10.5. The Hall–Kier alpha value is -1.18. The number of fused-ring (bicyclic) bond motifs is 1. The molecule has 0 radical (unpaired) electrons. The summed E-state index contributed by atoms with van der Waals surface area (Å²) in [4.78, 5) is 10.5. The Labute approximate surface area is 71.6 Å². The highest BCUT2D eigenvalue weighted by Gasteiger charge is 2.19. The molecule has 1 atom stereocenters. The van der Waals surface area contributed by atoms with E-state index in [-0.39, 0.29) is 6.04 Å². The van der Waals surface area contributed by atoms with Gasteiger partial charge in [0.05, 0.1) is 0 Å². The van der Waals surface area contributed by atoms with Gasteiger partial charge in [0.1, 0.15) is 6.04 Å². The highest BCUT2D eigenvalue weighted by atomic mass is 16.3. The first-order chi connectivity index (χ1) is 5.92. The molecular weight excluding hydrogens is 150 g/mol. The summed E-state index contributed by atoms with van der Waals surface area (Å²) in [6.07, 6.45) is 3.11. The van der Waals surface area contributed by atoms with Crippen LogP contribution in [0.25, 0.3) is 0 Å². The second-order valence-corrected chi connectivity index (χ2v) is 3.21. The van der Waals surface area contributed by atoms with Crippen molar-refractivity contribution in [3.63, 3.8) is 0 Å². The molecule has 1 aromatic carbocycles. The van der Waals surface area contributed by atoms with E-state index < -0.39 is 0 Å². The summed E-state index contributed by atoms with van der Waals surface area (Å²) in [5.74, 6) is 0. The summed E-state index contributed by atoms with van der Waals surface area (Å²) in [6, 6.07) is 8.01. The lowest BCUT2D eigenvalue weighted by molar-refractivity contribution is 0.569. The van der Waals surface area contributed by atoms with Gasteiger partial charge in [0.25, 0.3) is 0 Å². The van der Waals surface area contributed by atoms with E-state index in [4.69, 9.17) is 0 Å². The van der Waals surface area contributed by atoms with Crippen molar-refractivity contribution < 1.29 is 0 Å². The van der Waals surface area contributed by atoms with Crippen molar-refractivity contribution in [3.05, 3.63) is 40.3 Å². The third-order valence-corrected chi connectivity index (χ3v) is 2.47. The van der Waals surface area contributed by atoms with Gasteiger partial charge in [-0.1, -0.05) is 29.4 Å². The number of hydrogen-bond acceptors (Lipinski definition) is 2. The van der Waals surface area contributed by atoms with E-state index >= 15 is 0 Å². The molecule has 1 aliphatic carbocycles. The van der Waals surface area contributed by atoms with Gasteiger partial charge >= 0.3 is 0 Å². The topological polar surface area (TPSA) is 29.4 Å². The predicted molar refractivity (Wildman–Crippen MR) is 47.9 cm³/mol. The number of nitrogens with zero attached hydrogens (tertiary/aromatic N) is 1. The van der Waals surface area contributed by atoms with Crippen molar-refractivity contribution in [3.8, 4) is 0 Å². The zero-order valence-corrected chi connectivity index (χ0v) is 6.86. The van der Waals surface area contributed by atoms with E-state index in [9.17, 15) is 4.91 Å². The Morgan fingerprint density at radius 1 is 1.33 bits per heavy atom. The van der Waals surface area contributed by atoms with Gasteiger partial charge < -0.3 is 0 Å². The van der Waals surface area contributed by atoms with E-state index in [0.717, 1.165) is 24.8 Å². The molecule has 1 aromatic rings. The van der Waals surface area contributed by atoms with Crippen molar-refractivity contribution in [1.82, 2.24) is 0 Å². The lowest BCUT2D eigenvalue weighted by atomic mass is 9.88. The molecule has 0 aromatic heterocycles. The van der Waals surface area contributed by atoms with E-state index in [0.29, 0.717) is 0 Å². The van der Waals surface area contributed by atoms with Crippen LogP contribution in [0, 0.1) is 4.91 Å². The summed E-state index contributed by atoms with van der Waals surface area (Å²) in [7, 11) is 0. The fraction of sp³-hybridized carbons (Fsp3) is 0.400. The molecule has 0 amide bonds. The van der Waals surface area contributed by atoms with Crippen LogP contribution < -0.4 is 0 Å². The fourth-order valence-electron chi connectivity index (χ4n) is 1.84. The lowest BCUT2D eigenvalue weighted by Crippen LogP contribution is -2.06. The van der Waals surface area contributed by atoms with Crippen molar-refractivity contribution in [2.75, 3.05) is 0 Å². The maximum atomic E-state index is 10.5. The number of benzene rings is 1. The summed E-state index contributed by atoms with van der Waals surface area (Å²) in [6.45, 7) is 0. The van der Waals surface area contributed by atoms with Gasteiger partial charge in [-0.3, -0.25) is 0 Å². The number of nitroso groups, excluding NO2 is 1. The number of aryl methyl sites for hydroxylation is 1. The highest BCUT2D eigenvalue weighted by molar-refractivity contribution is 5.32. The van der Waals surface area contributed by atoms with Gasteiger partial charge in [0.15, 0.2) is 0 Å². The monoisotopic (exact) mass is 161 g/mol. The molecule has 0 aliphatic heterocycles. The van der Waals surface area contributed by atoms with E-state index in [1.807, 2.05) is 18.2 Å². The first-order valence-electron chi connectivity index (χ1n) is 4.32. The third-order valence-electron chi connectivity index (χ3n) is 2.47. The molecule has 1 aliphatic rings. The molecule has 2 rings (SSSR count). The van der Waals surface area contributed by atoms with Crippen LogP contribution in [0.2, 0.25) is 0 Å². The average molecular weight is 161 g/mol. The normalized spacial score (nSPS) is 21.5. The number of rotatable bonds is 1. The molecule has 0 heterocycles. The Kier molecular flexibility index (Phi) is 1.90. The van der Waals surface area contributed by atoms with Gasteiger partial charge in [-0.25, -0.2) is 0 Å². The molecule has 0 bridgehead atoms. The molecule has 0 spiro atoms. The zero-order valence-electron chi connectivity index (χ0n) is 6.86. The van der Waals surface area contributed by atoms with Crippen molar-refractivity contribution in [1.29, 1.82) is 0 Å². The summed E-state index contributed by atoms with van der Waals surface area (Å²) in [5.41, 5.74) is 2.44. The van der Waals surface area contributed by atoms with Crippen molar-refractivity contribution in [2.24, 2.45) is 5.18 Å². The largest absolute Gasteiger partial charge is 0.150 e. The SMILES string of the molecule is O=NC1CCCc2ccccc21. The van der Waals surface area contributed by atoms with Crippen LogP contribution in [-0.2, 0) is 6.42 Å². The molecule has 0 N–H and O–H groups in total. The van der Waals surface area contributed by atoms with Gasteiger partial charge in [0.2, 0.25) is 0 Å². The molecule has 0 saturated heterocycles. The third kappa shape index (κ3) is 1.13. The second-order valence-electron chi connectivity index (χ2n) is 3.21. The Morgan fingerprint density at radius 3 is 3.00 bits per heavy atom. The van der Waals surface area contributed by atoms with Crippen LogP contribution in [0.3, 0.4) is 0 Å². The number of hydrogen-bond donors (Lipinski definition) is 0. The van der Waals surface area contributed by atoms with Gasteiger partial charge in [0, 0.05) is 0 Å². The average Bonchev–Trinajstić information content (AvgIpc) is 2.17. The van der Waals surface area contributed by atoms with Crippen LogP contribution in [0.4, 0.5) is 0 Å². The standard InChI is InChI=1S/C10H11NO/c12-11-10-7-3-5-8-4-1-2-6-9(8)10/h1-2,4,6,10H,3,5,7H2. The Balaban J connectivity index is 2.43. The van der Waals surface area contributed by atoms with E-state index in [1.165, 1.54) is 5.56 Å². The van der Waals surface area contributed by atoms with Crippen LogP contribution >= 0.6 is 0 Å². The molecule has 1 unspecified atom stereocenters. The molecule has 2 nitrogen and oxygen atoms in total. The van der Waals surface area contributed by atoms with Gasteiger partial charge in [-0.2, -0.15) is 4.91 Å². The van der Waals surface area contributed by atoms with E-state index in [2.05, 4.69) is 11.2 Å². The lowest BCUT2D eigenvalue weighted by Gasteiger charge is -2.19. The minimum absolute atomic E-state index is 0.0880. The molecule has 12 heavy (non-hydrogen) atoms. The molecule has 0 saturated carbocycles. The first-order valence-corrected chi connectivity index (χ1v) is 4.32. The van der Waals surface area contributed by atoms with Crippen LogP contribution in [-0.4, -0.2) is 0 Å². The van der Waals surface area contributed by atoms with E-state index in [1.54, 1.807) is 0 Å². The maximum Gasteiger partial charge on any atom is 0.117 e. The zero-order chi connectivity index (χ0) is 8.39. The molecule has 2 heteroatoms. The van der Waals surface area contributed by atoms with Gasteiger partial charge in [-0.05, 0) is 30.4 Å². The quantitative estimate of drug-likeness (QED) is 0.582. The van der Waals surface area contributed by atoms with Crippen molar-refractivity contribution >= 4 is 0 Å². The first kappa shape index (κ1) is 7.47. The molecular formula is C10H11NO. The minimum Gasteiger partial charge on any atom is -0.150 e. The Bertz CT molecular complexity index is 296. The Morgan fingerprint density at radius 2 is 2.17 bits per heavy atom. The minimum atomic E-state index is -0.0880. The van der Waals surface area contributed by atoms with Gasteiger partial charge in [-0.15, -0.1) is 0 Å². The molecule has 0 fully saturated rings. The van der Waals surface area contributed by atoms with Crippen LogP contribution in [0.5, 0.6) is 0 Å². The van der Waals surface area contributed by atoms with Crippen LogP contribution in [0.1, 0.15) is 30.0 Å². The summed E-state index contributed by atoms with van der Waals surface area (Å²) >= 11 is 0. The summed E-state index contributed by atoms with van der Waals surface area (Å²) < 4.78 is 0. The van der Waals surface area contributed by atoms with Crippen molar-refractivity contribution in [2.45, 2.75) is 25.3 Å². The second kappa shape index (κ2) is 3.05. The van der Waals surface area contributed by atoms with Crippen LogP contribution in [0.15, 0.2) is 29.4 Å².